The summed E-state index contributed by atoms with van der Waals surface area (Å²) in [5.41, 5.74) is 1.25. The van der Waals surface area contributed by atoms with E-state index in [2.05, 4.69) is 30.6 Å². The van der Waals surface area contributed by atoms with Crippen molar-refractivity contribution >= 4 is 28.8 Å². The van der Waals surface area contributed by atoms with Crippen LogP contribution in [-0.2, 0) is 9.53 Å². The maximum absolute atomic E-state index is 11.8. The van der Waals surface area contributed by atoms with Crippen LogP contribution in [0.1, 0.15) is 0 Å². The number of nitrogens with one attached hydrogen (secondary N) is 3. The Labute approximate surface area is 122 Å². The number of carbonyl (C=O) groups is 1. The second kappa shape index (κ2) is 6.84. The Morgan fingerprint density at radius 3 is 3.00 bits per heavy atom. The van der Waals surface area contributed by atoms with Crippen LogP contribution in [0.15, 0.2) is 6.33 Å². The van der Waals surface area contributed by atoms with Crippen molar-refractivity contribution in [2.75, 3.05) is 51.1 Å². The number of anilines is 2. The number of likely N-dealkylation sites (N-methyl/N-ethyl adjacent to an activating group) is 1. The van der Waals surface area contributed by atoms with Gasteiger partial charge in [0.15, 0.2) is 11.5 Å². The molecular formula is C12H19N7O2. The second-order valence-electron chi connectivity index (χ2n) is 4.42. The third-order valence-electron chi connectivity index (χ3n) is 2.86. The van der Waals surface area contributed by atoms with Crippen molar-refractivity contribution in [2.45, 2.75) is 0 Å². The van der Waals surface area contributed by atoms with Crippen LogP contribution in [0.25, 0.3) is 11.2 Å². The van der Waals surface area contributed by atoms with E-state index in [1.54, 1.807) is 32.4 Å². The summed E-state index contributed by atoms with van der Waals surface area (Å²) in [5, 5.41) is 5.64. The molecule has 0 radical (unpaired) electrons. The number of H-pyrrole nitrogens is 1. The molecule has 2 heterocycles. The monoisotopic (exact) mass is 293 g/mol. The number of amides is 1. The van der Waals surface area contributed by atoms with Gasteiger partial charge in [0.2, 0.25) is 11.9 Å². The van der Waals surface area contributed by atoms with E-state index in [9.17, 15) is 4.79 Å². The number of methoxy groups -OCH3 is 1. The van der Waals surface area contributed by atoms with Gasteiger partial charge in [-0.05, 0) is 0 Å². The molecule has 0 fully saturated rings. The van der Waals surface area contributed by atoms with Gasteiger partial charge in [-0.3, -0.25) is 4.79 Å². The molecule has 3 N–H and O–H groups in total. The Morgan fingerprint density at radius 1 is 1.48 bits per heavy atom. The Bertz CT molecular complexity index is 613. The standard InChI is InChI=1S/C12H19N7O2/c1-13-12-17-10-9(15-7-16-10)11(18-12)19(2)6-8(20)14-4-5-21-3/h7H,4-6H2,1-3H3,(H,14,20)(H2,13,15,16,17,18). The molecule has 0 aliphatic heterocycles. The number of fused-ring (bicyclic) bond motifs is 1. The first-order valence-corrected chi connectivity index (χ1v) is 6.51. The first-order valence-electron chi connectivity index (χ1n) is 6.51. The van der Waals surface area contributed by atoms with Gasteiger partial charge >= 0.3 is 0 Å². The quantitative estimate of drug-likeness (QED) is 0.596. The fraction of sp³-hybridized carbons (Fsp3) is 0.500. The van der Waals surface area contributed by atoms with Gasteiger partial charge in [-0.25, -0.2) is 4.98 Å². The van der Waals surface area contributed by atoms with E-state index in [1.807, 2.05) is 0 Å². The zero-order chi connectivity index (χ0) is 15.2. The van der Waals surface area contributed by atoms with Gasteiger partial charge in [-0.1, -0.05) is 0 Å². The van der Waals surface area contributed by atoms with E-state index in [-0.39, 0.29) is 12.5 Å². The summed E-state index contributed by atoms with van der Waals surface area (Å²) >= 11 is 0. The minimum absolute atomic E-state index is 0.105. The van der Waals surface area contributed by atoms with Crippen molar-refractivity contribution in [1.29, 1.82) is 0 Å². The average molecular weight is 293 g/mol. The van der Waals surface area contributed by atoms with E-state index in [0.717, 1.165) is 0 Å². The van der Waals surface area contributed by atoms with Gasteiger partial charge < -0.3 is 25.3 Å². The molecule has 0 bridgehead atoms. The summed E-state index contributed by atoms with van der Waals surface area (Å²) < 4.78 is 4.89. The number of aromatic amines is 1. The largest absolute Gasteiger partial charge is 0.383 e. The Balaban J connectivity index is 2.13. The minimum Gasteiger partial charge on any atom is -0.383 e. The fourth-order valence-corrected chi connectivity index (χ4v) is 1.84. The van der Waals surface area contributed by atoms with E-state index < -0.39 is 0 Å². The van der Waals surface area contributed by atoms with Gasteiger partial charge in [0, 0.05) is 27.7 Å². The molecule has 0 saturated carbocycles. The van der Waals surface area contributed by atoms with E-state index >= 15 is 0 Å². The number of nitrogens with zero attached hydrogens (tertiary/aromatic N) is 4. The maximum Gasteiger partial charge on any atom is 0.239 e. The molecule has 0 saturated heterocycles. The van der Waals surface area contributed by atoms with Crippen LogP contribution in [0.5, 0.6) is 0 Å². The van der Waals surface area contributed by atoms with Crippen molar-refractivity contribution in [3.05, 3.63) is 6.33 Å². The average Bonchev–Trinajstić information content (AvgIpc) is 2.94. The van der Waals surface area contributed by atoms with Crippen LogP contribution in [0.4, 0.5) is 11.8 Å². The zero-order valence-corrected chi connectivity index (χ0v) is 12.3. The van der Waals surface area contributed by atoms with Crippen LogP contribution < -0.4 is 15.5 Å². The van der Waals surface area contributed by atoms with Crippen molar-refractivity contribution < 1.29 is 9.53 Å². The van der Waals surface area contributed by atoms with Gasteiger partial charge in [-0.15, -0.1) is 0 Å². The second-order valence-corrected chi connectivity index (χ2v) is 4.42. The van der Waals surface area contributed by atoms with E-state index in [1.165, 1.54) is 0 Å². The van der Waals surface area contributed by atoms with Crippen LogP contribution in [0.2, 0.25) is 0 Å². The van der Waals surface area contributed by atoms with Crippen molar-refractivity contribution in [1.82, 2.24) is 25.3 Å². The summed E-state index contributed by atoms with van der Waals surface area (Å²) in [4.78, 5) is 29.3. The van der Waals surface area contributed by atoms with Crippen molar-refractivity contribution in [3.8, 4) is 0 Å². The molecule has 0 unspecified atom stereocenters. The van der Waals surface area contributed by atoms with E-state index in [4.69, 9.17) is 4.74 Å². The lowest BCUT2D eigenvalue weighted by Crippen LogP contribution is -2.37. The molecule has 0 aliphatic carbocycles. The topological polar surface area (TPSA) is 108 Å². The molecule has 2 aromatic rings. The summed E-state index contributed by atoms with van der Waals surface area (Å²) in [5.74, 6) is 0.965. The smallest absolute Gasteiger partial charge is 0.239 e. The lowest BCUT2D eigenvalue weighted by atomic mass is 10.4. The summed E-state index contributed by atoms with van der Waals surface area (Å²) in [7, 11) is 5.11. The fourth-order valence-electron chi connectivity index (χ4n) is 1.84. The number of hydrogen-bond donors (Lipinski definition) is 3. The third-order valence-corrected chi connectivity index (χ3v) is 2.86. The molecule has 9 nitrogen and oxygen atoms in total. The number of aromatic nitrogens is 4. The van der Waals surface area contributed by atoms with Gasteiger partial charge in [0.05, 0.1) is 19.5 Å². The molecule has 0 aliphatic rings. The predicted octanol–water partition coefficient (Wildman–Crippen LogP) is -0.407. The highest BCUT2D eigenvalue weighted by molar-refractivity contribution is 5.87. The molecular weight excluding hydrogens is 274 g/mol. The molecule has 0 atom stereocenters. The van der Waals surface area contributed by atoms with Crippen molar-refractivity contribution in [2.24, 2.45) is 0 Å². The Morgan fingerprint density at radius 2 is 2.29 bits per heavy atom. The van der Waals surface area contributed by atoms with Crippen LogP contribution >= 0.6 is 0 Å². The molecule has 114 valence electrons. The van der Waals surface area contributed by atoms with Crippen LogP contribution in [0, 0.1) is 0 Å². The van der Waals surface area contributed by atoms with E-state index in [0.29, 0.717) is 36.1 Å². The number of hydrogen-bond acceptors (Lipinski definition) is 7. The molecule has 9 heteroatoms. The number of ether oxygens (including phenoxy) is 1. The first kappa shape index (κ1) is 15.0. The highest BCUT2D eigenvalue weighted by Gasteiger charge is 2.15. The highest BCUT2D eigenvalue weighted by atomic mass is 16.5. The summed E-state index contributed by atoms with van der Waals surface area (Å²) in [6.07, 6.45) is 1.55. The molecule has 2 aromatic heterocycles. The Kier molecular flexibility index (Phi) is 4.88. The molecule has 0 spiro atoms. The molecule has 21 heavy (non-hydrogen) atoms. The maximum atomic E-state index is 11.8. The normalized spacial score (nSPS) is 10.6. The minimum atomic E-state index is -0.105. The van der Waals surface area contributed by atoms with Crippen LogP contribution in [0.3, 0.4) is 0 Å². The lowest BCUT2D eigenvalue weighted by Gasteiger charge is -2.18. The number of rotatable bonds is 7. The SMILES string of the molecule is CNc1nc(N(C)CC(=O)NCCOC)c2[nH]cnc2n1. The molecule has 0 aromatic carbocycles. The first-order chi connectivity index (χ1) is 10.2. The summed E-state index contributed by atoms with van der Waals surface area (Å²) in [6, 6.07) is 0. The summed E-state index contributed by atoms with van der Waals surface area (Å²) in [6.45, 7) is 1.14. The molecule has 2 rings (SSSR count). The van der Waals surface area contributed by atoms with Gasteiger partial charge in [0.25, 0.3) is 0 Å². The lowest BCUT2D eigenvalue weighted by molar-refractivity contribution is -0.119. The van der Waals surface area contributed by atoms with Gasteiger partial charge in [0.1, 0.15) is 5.52 Å². The van der Waals surface area contributed by atoms with Crippen LogP contribution in [-0.4, -0.2) is 66.7 Å². The number of imidazole rings is 1. The number of carbonyl (C=O) groups excluding carboxylic acids is 1. The Hall–Kier alpha value is -2.42. The zero-order valence-electron chi connectivity index (χ0n) is 12.3. The molecule has 1 amide bonds. The third kappa shape index (κ3) is 3.57. The van der Waals surface area contributed by atoms with Crippen molar-refractivity contribution in [3.63, 3.8) is 0 Å². The predicted molar refractivity (Wildman–Crippen MR) is 79.4 cm³/mol. The van der Waals surface area contributed by atoms with Gasteiger partial charge in [-0.2, -0.15) is 9.97 Å². The highest BCUT2D eigenvalue weighted by Crippen LogP contribution is 2.21.